The molecule has 1 saturated heterocycles. The molecule has 0 saturated carbocycles. The summed E-state index contributed by atoms with van der Waals surface area (Å²) in [4.78, 5) is 17.4. The summed E-state index contributed by atoms with van der Waals surface area (Å²) in [6, 6.07) is 10.1. The summed E-state index contributed by atoms with van der Waals surface area (Å²) in [6.07, 6.45) is 2.97. The molecular formula is C22H32N4O2. The van der Waals surface area contributed by atoms with Gasteiger partial charge in [0.05, 0.1) is 19.8 Å². The molecule has 3 rings (SSSR count). The Morgan fingerprint density at radius 2 is 1.86 bits per heavy atom. The van der Waals surface area contributed by atoms with E-state index in [-0.39, 0.29) is 6.03 Å². The molecule has 6 heteroatoms. The highest BCUT2D eigenvalue weighted by Crippen LogP contribution is 2.20. The molecule has 0 radical (unpaired) electrons. The molecule has 0 atom stereocenters. The molecule has 0 aliphatic carbocycles. The summed E-state index contributed by atoms with van der Waals surface area (Å²) in [7, 11) is 2.02. The van der Waals surface area contributed by atoms with E-state index in [1.165, 1.54) is 0 Å². The van der Waals surface area contributed by atoms with Gasteiger partial charge < -0.3 is 19.5 Å². The van der Waals surface area contributed by atoms with Crippen molar-refractivity contribution >= 4 is 11.7 Å². The van der Waals surface area contributed by atoms with Crippen LogP contribution in [-0.2, 0) is 18.3 Å². The number of morpholine rings is 1. The maximum atomic E-state index is 13.1. The predicted octanol–water partition coefficient (Wildman–Crippen LogP) is 3.40. The second-order valence-corrected chi connectivity index (χ2v) is 7.54. The first-order valence-electron chi connectivity index (χ1n) is 10.1. The fraction of sp³-hybridized carbons (Fsp3) is 0.500. The first-order valence-corrected chi connectivity index (χ1v) is 10.1. The van der Waals surface area contributed by atoms with Crippen LogP contribution in [0.2, 0.25) is 0 Å². The Bertz CT molecular complexity index is 760. The van der Waals surface area contributed by atoms with Crippen molar-refractivity contribution in [2.45, 2.75) is 26.8 Å². The van der Waals surface area contributed by atoms with Crippen molar-refractivity contribution in [3.63, 3.8) is 0 Å². The molecular weight excluding hydrogens is 352 g/mol. The summed E-state index contributed by atoms with van der Waals surface area (Å²) in [5.74, 6) is 0. The third-order valence-corrected chi connectivity index (χ3v) is 5.41. The second kappa shape index (κ2) is 9.75. The minimum Gasteiger partial charge on any atom is -0.379 e. The fourth-order valence-electron chi connectivity index (χ4n) is 3.62. The van der Waals surface area contributed by atoms with E-state index in [1.807, 2.05) is 56.3 Å². The lowest BCUT2D eigenvalue weighted by Gasteiger charge is -2.29. The van der Waals surface area contributed by atoms with Crippen molar-refractivity contribution in [1.82, 2.24) is 14.4 Å². The standard InChI is InChI=1S/C22H32N4O2/c1-18-7-4-8-19(2)21(18)23-22(27)26(17-20-9-5-10-24(20)3)12-6-11-25-13-15-28-16-14-25/h4-5,7-10H,6,11-17H2,1-3H3,(H,23,27). The number of carbonyl (C=O) groups excluding carboxylic acids is 1. The first kappa shape index (κ1) is 20.4. The van der Waals surface area contributed by atoms with Gasteiger partial charge in [0.15, 0.2) is 0 Å². The zero-order chi connectivity index (χ0) is 19.9. The van der Waals surface area contributed by atoms with Gasteiger partial charge in [-0.05, 0) is 43.5 Å². The number of amides is 2. The highest BCUT2D eigenvalue weighted by atomic mass is 16.5. The molecule has 1 aliphatic rings. The molecule has 0 bridgehead atoms. The lowest BCUT2D eigenvalue weighted by molar-refractivity contribution is 0.0365. The topological polar surface area (TPSA) is 49.7 Å². The minimum absolute atomic E-state index is 0.0411. The molecule has 28 heavy (non-hydrogen) atoms. The Balaban J connectivity index is 1.65. The van der Waals surface area contributed by atoms with Gasteiger partial charge in [-0.15, -0.1) is 0 Å². The van der Waals surface area contributed by atoms with E-state index >= 15 is 0 Å². The van der Waals surface area contributed by atoms with Crippen molar-refractivity contribution in [3.05, 3.63) is 53.3 Å². The molecule has 1 aliphatic heterocycles. The molecule has 0 unspecified atom stereocenters. The third-order valence-electron chi connectivity index (χ3n) is 5.41. The molecule has 0 spiro atoms. The summed E-state index contributed by atoms with van der Waals surface area (Å²) >= 11 is 0. The van der Waals surface area contributed by atoms with Gasteiger partial charge in [-0.1, -0.05) is 18.2 Å². The lowest BCUT2D eigenvalue weighted by atomic mass is 10.1. The van der Waals surface area contributed by atoms with E-state index in [9.17, 15) is 4.79 Å². The van der Waals surface area contributed by atoms with E-state index in [0.29, 0.717) is 6.54 Å². The number of para-hydroxylation sites is 1. The van der Waals surface area contributed by atoms with Gasteiger partial charge in [0.2, 0.25) is 0 Å². The zero-order valence-corrected chi connectivity index (χ0v) is 17.3. The van der Waals surface area contributed by atoms with Crippen LogP contribution in [0.5, 0.6) is 0 Å². The maximum absolute atomic E-state index is 13.1. The van der Waals surface area contributed by atoms with Crippen molar-refractivity contribution < 1.29 is 9.53 Å². The lowest BCUT2D eigenvalue weighted by Crippen LogP contribution is -2.40. The van der Waals surface area contributed by atoms with Crippen LogP contribution < -0.4 is 5.32 Å². The summed E-state index contributed by atoms with van der Waals surface area (Å²) < 4.78 is 7.49. The van der Waals surface area contributed by atoms with Crippen molar-refractivity contribution in [1.29, 1.82) is 0 Å². The number of hydrogen-bond acceptors (Lipinski definition) is 3. The van der Waals surface area contributed by atoms with Gasteiger partial charge >= 0.3 is 6.03 Å². The summed E-state index contributed by atoms with van der Waals surface area (Å²) in [5, 5.41) is 3.14. The van der Waals surface area contributed by atoms with Crippen LogP contribution in [0.1, 0.15) is 23.2 Å². The molecule has 2 heterocycles. The molecule has 1 aromatic heterocycles. The number of carbonyl (C=O) groups is 1. The number of nitrogens with zero attached hydrogens (tertiary/aromatic N) is 3. The van der Waals surface area contributed by atoms with Gasteiger partial charge in [-0.25, -0.2) is 4.79 Å². The van der Waals surface area contributed by atoms with E-state index in [4.69, 9.17) is 4.74 Å². The molecule has 1 fully saturated rings. The van der Waals surface area contributed by atoms with Crippen LogP contribution in [0.4, 0.5) is 10.5 Å². The number of aromatic nitrogens is 1. The smallest absolute Gasteiger partial charge is 0.322 e. The highest BCUT2D eigenvalue weighted by Gasteiger charge is 2.18. The number of hydrogen-bond donors (Lipinski definition) is 1. The molecule has 2 amide bonds. The maximum Gasteiger partial charge on any atom is 0.322 e. The Kier molecular flexibility index (Phi) is 7.12. The number of urea groups is 1. The zero-order valence-electron chi connectivity index (χ0n) is 17.3. The second-order valence-electron chi connectivity index (χ2n) is 7.54. The van der Waals surface area contributed by atoms with E-state index < -0.39 is 0 Å². The van der Waals surface area contributed by atoms with Gasteiger partial charge in [-0.2, -0.15) is 0 Å². The summed E-state index contributed by atoms with van der Waals surface area (Å²) in [6.45, 7) is 9.94. The predicted molar refractivity (Wildman–Crippen MR) is 113 cm³/mol. The molecule has 2 aromatic rings. The molecule has 1 N–H and O–H groups in total. The summed E-state index contributed by atoms with van der Waals surface area (Å²) in [5.41, 5.74) is 4.21. The third kappa shape index (κ3) is 5.36. The monoisotopic (exact) mass is 384 g/mol. The Labute approximate surface area is 168 Å². The number of nitrogens with one attached hydrogen (secondary N) is 1. The van der Waals surface area contributed by atoms with Crippen LogP contribution in [0.15, 0.2) is 36.5 Å². The van der Waals surface area contributed by atoms with Crippen LogP contribution >= 0.6 is 0 Å². The van der Waals surface area contributed by atoms with Crippen LogP contribution in [0, 0.1) is 13.8 Å². The average molecular weight is 385 g/mol. The number of anilines is 1. The van der Waals surface area contributed by atoms with Crippen molar-refractivity contribution in [2.75, 3.05) is 44.7 Å². The Morgan fingerprint density at radius 3 is 2.50 bits per heavy atom. The normalized spacial score (nSPS) is 14.8. The van der Waals surface area contributed by atoms with Crippen molar-refractivity contribution in [3.8, 4) is 0 Å². The minimum atomic E-state index is -0.0411. The fourth-order valence-corrected chi connectivity index (χ4v) is 3.62. The van der Waals surface area contributed by atoms with Crippen LogP contribution in [0.25, 0.3) is 0 Å². The average Bonchev–Trinajstić information content (AvgIpc) is 3.09. The number of ether oxygens (including phenoxy) is 1. The van der Waals surface area contributed by atoms with Gasteiger partial charge in [-0.3, -0.25) is 4.90 Å². The van der Waals surface area contributed by atoms with Gasteiger partial charge in [0.25, 0.3) is 0 Å². The van der Waals surface area contributed by atoms with E-state index in [2.05, 4.69) is 20.9 Å². The SMILES string of the molecule is Cc1cccc(C)c1NC(=O)N(CCCN1CCOCC1)Cc1cccn1C. The van der Waals surface area contributed by atoms with E-state index in [0.717, 1.165) is 68.3 Å². The molecule has 6 nitrogen and oxygen atoms in total. The Hall–Kier alpha value is -2.31. The number of benzene rings is 1. The first-order chi connectivity index (χ1) is 13.5. The van der Waals surface area contributed by atoms with Crippen molar-refractivity contribution in [2.24, 2.45) is 7.05 Å². The highest BCUT2D eigenvalue weighted by molar-refractivity contribution is 5.91. The van der Waals surface area contributed by atoms with E-state index in [1.54, 1.807) is 0 Å². The van der Waals surface area contributed by atoms with Crippen LogP contribution in [-0.4, -0.2) is 59.8 Å². The Morgan fingerprint density at radius 1 is 1.14 bits per heavy atom. The number of rotatable bonds is 7. The quantitative estimate of drug-likeness (QED) is 0.796. The molecule has 152 valence electrons. The van der Waals surface area contributed by atoms with Crippen LogP contribution in [0.3, 0.4) is 0 Å². The molecule has 1 aromatic carbocycles. The number of aryl methyl sites for hydroxylation is 3. The van der Waals surface area contributed by atoms with Gasteiger partial charge in [0.1, 0.15) is 0 Å². The van der Waals surface area contributed by atoms with Gasteiger partial charge in [0, 0.05) is 50.8 Å². The largest absolute Gasteiger partial charge is 0.379 e.